The number of aryl methyl sites for hydroxylation is 1. The summed E-state index contributed by atoms with van der Waals surface area (Å²) in [5.41, 5.74) is 1.77. The van der Waals surface area contributed by atoms with Crippen molar-refractivity contribution in [2.45, 2.75) is 43.7 Å². The molecule has 5 atom stereocenters. The SMILES string of the molecule is Cc1cccc(OC2O[C@H](CO)[C@H](O)[C@H](O)[C@H]2NC(=O)C(F)(F)F)c1-c1cccc(NS(C)(=O)=O)c1. The largest absolute Gasteiger partial charge is 0.471 e. The van der Waals surface area contributed by atoms with Crippen molar-refractivity contribution >= 4 is 21.6 Å². The zero-order valence-electron chi connectivity index (χ0n) is 19.1. The summed E-state index contributed by atoms with van der Waals surface area (Å²) in [7, 11) is -3.58. The van der Waals surface area contributed by atoms with E-state index in [0.29, 0.717) is 16.7 Å². The summed E-state index contributed by atoms with van der Waals surface area (Å²) in [6, 6.07) is 9.12. The first-order valence-corrected chi connectivity index (χ1v) is 12.4. The van der Waals surface area contributed by atoms with Gasteiger partial charge < -0.3 is 30.1 Å². The first kappa shape index (κ1) is 27.7. The van der Waals surface area contributed by atoms with Crippen molar-refractivity contribution in [3.05, 3.63) is 48.0 Å². The van der Waals surface area contributed by atoms with Crippen LogP contribution in [0.15, 0.2) is 42.5 Å². The molecule has 3 rings (SSSR count). The molecule has 10 nitrogen and oxygen atoms in total. The minimum absolute atomic E-state index is 0.0584. The third kappa shape index (κ3) is 6.44. The molecule has 1 amide bonds. The maximum Gasteiger partial charge on any atom is 0.471 e. The Morgan fingerprint density at radius 3 is 2.42 bits per heavy atom. The molecule has 1 unspecified atom stereocenters. The standard InChI is InChI=1S/C22H25F3N2O8S/c1-11-5-3-8-14(16(11)12-6-4-7-13(9-12)27-36(2,32)33)34-20-17(26-21(31)22(23,24)25)19(30)18(29)15(10-28)35-20/h3-9,15,17-20,27-30H,10H2,1-2H3,(H,26,31)/t15-,17-,18+,19-,20?/m1/s1. The first-order valence-electron chi connectivity index (χ1n) is 10.6. The van der Waals surface area contributed by atoms with Crippen LogP contribution in [0.5, 0.6) is 5.75 Å². The molecule has 14 heteroatoms. The highest BCUT2D eigenvalue weighted by atomic mass is 32.2. The molecule has 2 aromatic carbocycles. The average molecular weight is 535 g/mol. The summed E-state index contributed by atoms with van der Waals surface area (Å²) in [4.78, 5) is 11.6. The van der Waals surface area contributed by atoms with E-state index in [1.165, 1.54) is 18.2 Å². The fourth-order valence-electron chi connectivity index (χ4n) is 3.76. The number of hydrogen-bond donors (Lipinski definition) is 5. The van der Waals surface area contributed by atoms with E-state index in [-0.39, 0.29) is 11.4 Å². The number of aliphatic hydroxyl groups excluding tert-OH is 3. The highest BCUT2D eigenvalue weighted by molar-refractivity contribution is 7.92. The van der Waals surface area contributed by atoms with Gasteiger partial charge in [-0.2, -0.15) is 13.2 Å². The molecule has 5 N–H and O–H groups in total. The Kier molecular flexibility index (Phi) is 8.15. The van der Waals surface area contributed by atoms with Crippen LogP contribution in [-0.4, -0.2) is 79.3 Å². The Labute approximate surface area is 204 Å². The second-order valence-corrected chi connectivity index (χ2v) is 9.97. The van der Waals surface area contributed by atoms with E-state index in [0.717, 1.165) is 6.26 Å². The topological polar surface area (TPSA) is 154 Å². The third-order valence-electron chi connectivity index (χ3n) is 5.37. The number of hydrogen-bond acceptors (Lipinski definition) is 8. The molecule has 1 saturated heterocycles. The number of rotatable bonds is 7. The van der Waals surface area contributed by atoms with Gasteiger partial charge in [-0.15, -0.1) is 0 Å². The number of nitrogens with one attached hydrogen (secondary N) is 2. The van der Waals surface area contributed by atoms with E-state index in [2.05, 4.69) is 4.72 Å². The Bertz CT molecular complexity index is 1210. The molecule has 1 aliphatic rings. The molecule has 0 spiro atoms. The van der Waals surface area contributed by atoms with Crippen LogP contribution in [0.25, 0.3) is 11.1 Å². The van der Waals surface area contributed by atoms with Crippen LogP contribution in [0.3, 0.4) is 0 Å². The number of halogens is 3. The number of amides is 1. The minimum Gasteiger partial charge on any atom is -0.462 e. The molecule has 1 heterocycles. The van der Waals surface area contributed by atoms with Crippen molar-refractivity contribution in [3.8, 4) is 16.9 Å². The molecule has 1 aliphatic heterocycles. The van der Waals surface area contributed by atoms with Gasteiger partial charge in [0, 0.05) is 11.3 Å². The Morgan fingerprint density at radius 2 is 1.81 bits per heavy atom. The van der Waals surface area contributed by atoms with E-state index in [4.69, 9.17) is 9.47 Å². The summed E-state index contributed by atoms with van der Waals surface area (Å²) < 4.78 is 75.5. The number of ether oxygens (including phenoxy) is 2. The van der Waals surface area contributed by atoms with Crippen molar-refractivity contribution in [2.75, 3.05) is 17.6 Å². The zero-order chi connectivity index (χ0) is 26.8. The Hall–Kier alpha value is -2.91. The Morgan fingerprint density at radius 1 is 1.14 bits per heavy atom. The number of benzene rings is 2. The zero-order valence-corrected chi connectivity index (χ0v) is 19.9. The maximum atomic E-state index is 12.9. The predicted octanol–water partition coefficient (Wildman–Crippen LogP) is 0.898. The Balaban J connectivity index is 2.01. The molecule has 0 aliphatic carbocycles. The lowest BCUT2D eigenvalue weighted by molar-refractivity contribution is -0.247. The quantitative estimate of drug-likeness (QED) is 0.351. The van der Waals surface area contributed by atoms with Crippen molar-refractivity contribution in [2.24, 2.45) is 0 Å². The van der Waals surface area contributed by atoms with Gasteiger partial charge >= 0.3 is 12.1 Å². The summed E-state index contributed by atoms with van der Waals surface area (Å²) in [5, 5.41) is 31.6. The fraction of sp³-hybridized carbons (Fsp3) is 0.409. The summed E-state index contributed by atoms with van der Waals surface area (Å²) in [6.07, 6.45) is -11.3. The molecule has 0 radical (unpaired) electrons. The van der Waals surface area contributed by atoms with Crippen LogP contribution in [0, 0.1) is 6.92 Å². The number of sulfonamides is 1. The first-order chi connectivity index (χ1) is 16.7. The lowest BCUT2D eigenvalue weighted by Gasteiger charge is -2.42. The van der Waals surface area contributed by atoms with Crippen molar-refractivity contribution < 1.29 is 51.2 Å². The predicted molar refractivity (Wildman–Crippen MR) is 121 cm³/mol. The van der Waals surface area contributed by atoms with Crippen molar-refractivity contribution in [3.63, 3.8) is 0 Å². The van der Waals surface area contributed by atoms with Crippen LogP contribution in [0.4, 0.5) is 18.9 Å². The van der Waals surface area contributed by atoms with E-state index in [1.807, 2.05) is 0 Å². The van der Waals surface area contributed by atoms with Crippen molar-refractivity contribution in [1.29, 1.82) is 0 Å². The summed E-state index contributed by atoms with van der Waals surface area (Å²) in [6.45, 7) is 0.913. The summed E-state index contributed by atoms with van der Waals surface area (Å²) >= 11 is 0. The van der Waals surface area contributed by atoms with Crippen molar-refractivity contribution in [1.82, 2.24) is 5.32 Å². The van der Waals surface area contributed by atoms with Crippen LogP contribution in [0.1, 0.15) is 5.56 Å². The number of carbonyl (C=O) groups is 1. The highest BCUT2D eigenvalue weighted by Crippen LogP contribution is 2.36. The maximum absolute atomic E-state index is 12.9. The van der Waals surface area contributed by atoms with Gasteiger partial charge in [-0.1, -0.05) is 24.3 Å². The molecule has 0 bridgehead atoms. The molecular weight excluding hydrogens is 509 g/mol. The molecule has 198 valence electrons. The second kappa shape index (κ2) is 10.6. The summed E-state index contributed by atoms with van der Waals surface area (Å²) in [5.74, 6) is -2.33. The van der Waals surface area contributed by atoms with Gasteiger partial charge in [0.2, 0.25) is 16.3 Å². The van der Waals surface area contributed by atoms with Crippen LogP contribution in [-0.2, 0) is 19.6 Å². The van der Waals surface area contributed by atoms with E-state index in [9.17, 15) is 41.7 Å². The fourth-order valence-corrected chi connectivity index (χ4v) is 4.31. The van der Waals surface area contributed by atoms with E-state index < -0.39 is 59.4 Å². The lowest BCUT2D eigenvalue weighted by Crippen LogP contribution is -2.66. The average Bonchev–Trinajstić information content (AvgIpc) is 2.77. The van der Waals surface area contributed by atoms with Gasteiger partial charge in [0.15, 0.2) is 0 Å². The third-order valence-corrected chi connectivity index (χ3v) is 5.97. The lowest BCUT2D eigenvalue weighted by atomic mass is 9.96. The van der Waals surface area contributed by atoms with Gasteiger partial charge in [0.05, 0.1) is 12.9 Å². The monoisotopic (exact) mass is 534 g/mol. The normalized spacial score (nSPS) is 24.7. The van der Waals surface area contributed by atoms with Gasteiger partial charge in [-0.25, -0.2) is 8.42 Å². The molecule has 1 fully saturated rings. The molecule has 0 aromatic heterocycles. The molecule has 36 heavy (non-hydrogen) atoms. The molecule has 2 aromatic rings. The second-order valence-electron chi connectivity index (χ2n) is 8.22. The number of carbonyl (C=O) groups excluding carboxylic acids is 1. The van der Waals surface area contributed by atoms with Gasteiger partial charge in [-0.05, 0) is 36.2 Å². The van der Waals surface area contributed by atoms with Crippen LogP contribution >= 0.6 is 0 Å². The van der Waals surface area contributed by atoms with Crippen LogP contribution < -0.4 is 14.8 Å². The van der Waals surface area contributed by atoms with Gasteiger partial charge in [-0.3, -0.25) is 9.52 Å². The molecule has 0 saturated carbocycles. The van der Waals surface area contributed by atoms with Crippen LogP contribution in [0.2, 0.25) is 0 Å². The smallest absolute Gasteiger partial charge is 0.462 e. The van der Waals surface area contributed by atoms with Gasteiger partial charge in [0.25, 0.3) is 0 Å². The van der Waals surface area contributed by atoms with Gasteiger partial charge in [0.1, 0.15) is 30.1 Å². The molecular formula is C22H25F3N2O8S. The number of aliphatic hydroxyl groups is 3. The number of anilines is 1. The minimum atomic E-state index is -5.29. The highest BCUT2D eigenvalue weighted by Gasteiger charge is 2.49. The number of alkyl halides is 3. The van der Waals surface area contributed by atoms with E-state index >= 15 is 0 Å². The van der Waals surface area contributed by atoms with E-state index in [1.54, 1.807) is 36.5 Å².